The molecular weight excluding hydrogens is 308 g/mol. The molecule has 2 atom stereocenters. The first-order valence-corrected chi connectivity index (χ1v) is 9.13. The second kappa shape index (κ2) is 6.65. The molecule has 2 rings (SSSR count). The molecular formula is C15H23ClN2O2S. The fraction of sp³-hybridized carbons (Fsp3) is 0.600. The van der Waals surface area contributed by atoms with E-state index in [9.17, 15) is 8.42 Å². The van der Waals surface area contributed by atoms with Gasteiger partial charge >= 0.3 is 0 Å². The summed E-state index contributed by atoms with van der Waals surface area (Å²) < 4.78 is 26.8. The van der Waals surface area contributed by atoms with E-state index in [1.807, 2.05) is 13.0 Å². The third kappa shape index (κ3) is 3.97. The maximum absolute atomic E-state index is 12.7. The third-order valence-corrected chi connectivity index (χ3v) is 6.34. The molecule has 0 aliphatic heterocycles. The average Bonchev–Trinajstić information content (AvgIpc) is 3.12. The van der Waals surface area contributed by atoms with Gasteiger partial charge in [0.1, 0.15) is 4.90 Å². The summed E-state index contributed by atoms with van der Waals surface area (Å²) in [6, 6.07) is 5.19. The molecule has 2 unspecified atom stereocenters. The minimum atomic E-state index is -3.52. The van der Waals surface area contributed by atoms with Gasteiger partial charge in [0, 0.05) is 20.1 Å². The molecule has 0 saturated heterocycles. The first-order valence-electron chi connectivity index (χ1n) is 7.31. The summed E-state index contributed by atoms with van der Waals surface area (Å²) in [6.45, 7) is 6.20. The second-order valence-electron chi connectivity index (χ2n) is 5.80. The lowest BCUT2D eigenvalue weighted by Crippen LogP contribution is -2.29. The van der Waals surface area contributed by atoms with E-state index in [-0.39, 0.29) is 9.92 Å². The molecule has 21 heavy (non-hydrogen) atoms. The van der Waals surface area contributed by atoms with Crippen molar-refractivity contribution in [2.75, 3.05) is 20.1 Å². The fourth-order valence-electron chi connectivity index (χ4n) is 2.37. The van der Waals surface area contributed by atoms with E-state index in [0.717, 1.165) is 18.5 Å². The molecule has 118 valence electrons. The van der Waals surface area contributed by atoms with Crippen molar-refractivity contribution in [1.29, 1.82) is 0 Å². The normalized spacial score (nSPS) is 21.8. The van der Waals surface area contributed by atoms with Crippen LogP contribution in [0, 0.1) is 11.8 Å². The SMILES string of the molecule is CCNCc1ccc(Cl)c(S(=O)(=O)N(C)CC2CC2C)c1. The Hall–Kier alpha value is -0.620. The standard InChI is InChI=1S/C15H23ClN2O2S/c1-4-17-9-12-5-6-14(16)15(8-12)21(19,20)18(3)10-13-7-11(13)2/h5-6,8,11,13,17H,4,7,9-10H2,1-3H3. The zero-order valence-corrected chi connectivity index (χ0v) is 14.3. The van der Waals surface area contributed by atoms with Crippen LogP contribution in [0.25, 0.3) is 0 Å². The Labute approximate surface area is 132 Å². The van der Waals surface area contributed by atoms with Crippen LogP contribution in [0.2, 0.25) is 5.02 Å². The van der Waals surface area contributed by atoms with Crippen LogP contribution in [0.1, 0.15) is 25.8 Å². The van der Waals surface area contributed by atoms with E-state index in [1.165, 1.54) is 4.31 Å². The maximum Gasteiger partial charge on any atom is 0.244 e. The van der Waals surface area contributed by atoms with Gasteiger partial charge in [-0.15, -0.1) is 0 Å². The Morgan fingerprint density at radius 2 is 2.10 bits per heavy atom. The van der Waals surface area contributed by atoms with E-state index in [1.54, 1.807) is 19.2 Å². The zero-order valence-electron chi connectivity index (χ0n) is 12.8. The molecule has 1 saturated carbocycles. The van der Waals surface area contributed by atoms with Gasteiger partial charge in [0.05, 0.1) is 5.02 Å². The molecule has 0 bridgehead atoms. The quantitative estimate of drug-likeness (QED) is 0.836. The predicted molar refractivity (Wildman–Crippen MR) is 85.9 cm³/mol. The van der Waals surface area contributed by atoms with Crippen LogP contribution < -0.4 is 5.32 Å². The number of nitrogens with zero attached hydrogens (tertiary/aromatic N) is 1. The van der Waals surface area contributed by atoms with E-state index in [0.29, 0.717) is 24.9 Å². The molecule has 1 aromatic rings. The van der Waals surface area contributed by atoms with Crippen molar-refractivity contribution < 1.29 is 8.42 Å². The smallest absolute Gasteiger partial charge is 0.244 e. The Balaban J connectivity index is 2.21. The molecule has 1 aliphatic rings. The molecule has 1 aromatic carbocycles. The monoisotopic (exact) mass is 330 g/mol. The molecule has 1 N–H and O–H groups in total. The molecule has 0 heterocycles. The van der Waals surface area contributed by atoms with Crippen molar-refractivity contribution >= 4 is 21.6 Å². The van der Waals surface area contributed by atoms with Gasteiger partial charge < -0.3 is 5.32 Å². The number of benzene rings is 1. The van der Waals surface area contributed by atoms with Crippen LogP contribution in [-0.4, -0.2) is 32.9 Å². The Morgan fingerprint density at radius 1 is 1.43 bits per heavy atom. The molecule has 6 heteroatoms. The van der Waals surface area contributed by atoms with Crippen molar-refractivity contribution in [2.45, 2.75) is 31.7 Å². The summed E-state index contributed by atoms with van der Waals surface area (Å²) in [4.78, 5) is 0.204. The Morgan fingerprint density at radius 3 is 2.67 bits per heavy atom. The molecule has 1 aliphatic carbocycles. The number of sulfonamides is 1. The molecule has 1 fully saturated rings. The van der Waals surface area contributed by atoms with E-state index >= 15 is 0 Å². The van der Waals surface area contributed by atoms with Gasteiger partial charge in [-0.05, 0) is 42.5 Å². The number of halogens is 1. The van der Waals surface area contributed by atoms with Crippen LogP contribution in [0.4, 0.5) is 0 Å². The lowest BCUT2D eigenvalue weighted by molar-refractivity contribution is 0.444. The van der Waals surface area contributed by atoms with Gasteiger partial charge in [-0.3, -0.25) is 0 Å². The summed E-state index contributed by atoms with van der Waals surface area (Å²) in [6.07, 6.45) is 1.11. The molecule has 0 spiro atoms. The highest BCUT2D eigenvalue weighted by molar-refractivity contribution is 7.89. The van der Waals surface area contributed by atoms with Crippen molar-refractivity contribution in [2.24, 2.45) is 11.8 Å². The topological polar surface area (TPSA) is 49.4 Å². The van der Waals surface area contributed by atoms with Gasteiger partial charge in [0.15, 0.2) is 0 Å². The minimum absolute atomic E-state index is 0.204. The zero-order chi connectivity index (χ0) is 15.6. The summed E-state index contributed by atoms with van der Waals surface area (Å²) in [5, 5.41) is 3.47. The van der Waals surface area contributed by atoms with Crippen molar-refractivity contribution in [1.82, 2.24) is 9.62 Å². The summed E-state index contributed by atoms with van der Waals surface area (Å²) in [7, 11) is -1.89. The van der Waals surface area contributed by atoms with Gasteiger partial charge in [-0.1, -0.05) is 31.5 Å². The summed E-state index contributed by atoms with van der Waals surface area (Å²) >= 11 is 6.11. The number of rotatable bonds is 7. The highest BCUT2D eigenvalue weighted by Gasteiger charge is 2.36. The fourth-order valence-corrected chi connectivity index (χ4v) is 4.12. The molecule has 4 nitrogen and oxygen atoms in total. The van der Waals surface area contributed by atoms with Gasteiger partial charge in [-0.25, -0.2) is 12.7 Å². The predicted octanol–water partition coefficient (Wildman–Crippen LogP) is 2.73. The van der Waals surface area contributed by atoms with Gasteiger partial charge in [0.25, 0.3) is 0 Å². The van der Waals surface area contributed by atoms with Crippen LogP contribution in [0.15, 0.2) is 23.1 Å². The number of hydrogen-bond donors (Lipinski definition) is 1. The van der Waals surface area contributed by atoms with Crippen LogP contribution in [-0.2, 0) is 16.6 Å². The Kier molecular flexibility index (Phi) is 5.30. The molecule has 0 amide bonds. The summed E-state index contributed by atoms with van der Waals surface area (Å²) in [5.74, 6) is 1.10. The molecule has 0 radical (unpaired) electrons. The second-order valence-corrected chi connectivity index (χ2v) is 8.22. The largest absolute Gasteiger partial charge is 0.313 e. The highest BCUT2D eigenvalue weighted by Crippen LogP contribution is 2.39. The maximum atomic E-state index is 12.7. The molecule has 0 aromatic heterocycles. The van der Waals surface area contributed by atoms with Gasteiger partial charge in [-0.2, -0.15) is 0 Å². The summed E-state index contributed by atoms with van der Waals surface area (Å²) in [5.41, 5.74) is 0.924. The van der Waals surface area contributed by atoms with E-state index < -0.39 is 10.0 Å². The van der Waals surface area contributed by atoms with E-state index in [2.05, 4.69) is 12.2 Å². The van der Waals surface area contributed by atoms with Crippen molar-refractivity contribution in [3.05, 3.63) is 28.8 Å². The van der Waals surface area contributed by atoms with Crippen molar-refractivity contribution in [3.8, 4) is 0 Å². The lowest BCUT2D eigenvalue weighted by Gasteiger charge is -2.18. The average molecular weight is 331 g/mol. The first-order chi connectivity index (χ1) is 9.86. The number of nitrogens with one attached hydrogen (secondary N) is 1. The van der Waals surface area contributed by atoms with Crippen LogP contribution >= 0.6 is 11.6 Å². The highest BCUT2D eigenvalue weighted by atomic mass is 35.5. The Bertz CT molecular complexity index is 604. The van der Waals surface area contributed by atoms with E-state index in [4.69, 9.17) is 11.6 Å². The van der Waals surface area contributed by atoms with Gasteiger partial charge in [0.2, 0.25) is 10.0 Å². The number of hydrogen-bond acceptors (Lipinski definition) is 3. The lowest BCUT2D eigenvalue weighted by atomic mass is 10.2. The van der Waals surface area contributed by atoms with Crippen LogP contribution in [0.5, 0.6) is 0 Å². The third-order valence-electron chi connectivity index (χ3n) is 4.03. The van der Waals surface area contributed by atoms with Crippen LogP contribution in [0.3, 0.4) is 0 Å². The first kappa shape index (κ1) is 16.7. The van der Waals surface area contributed by atoms with Crippen molar-refractivity contribution in [3.63, 3.8) is 0 Å². The minimum Gasteiger partial charge on any atom is -0.313 e.